The van der Waals surface area contributed by atoms with Crippen LogP contribution in [0.25, 0.3) is 5.69 Å². The molecule has 1 aromatic carbocycles. The lowest BCUT2D eigenvalue weighted by atomic mass is 10.1. The highest BCUT2D eigenvalue weighted by Crippen LogP contribution is 2.31. The van der Waals surface area contributed by atoms with Crippen LogP contribution < -0.4 is 0 Å². The highest BCUT2D eigenvalue weighted by Gasteiger charge is 2.31. The number of hydrogen-bond acceptors (Lipinski definition) is 3. The van der Waals surface area contributed by atoms with Gasteiger partial charge in [0, 0.05) is 0 Å². The van der Waals surface area contributed by atoms with Crippen LogP contribution in [-0.2, 0) is 6.18 Å². The minimum absolute atomic E-state index is 0.185. The fourth-order valence-electron chi connectivity index (χ4n) is 1.41. The molecule has 1 aromatic heterocycles. The molecule has 2 aromatic rings. The zero-order valence-electron chi connectivity index (χ0n) is 8.72. The molecular formula is C10H6F3N3O2. The molecule has 1 N–H and O–H groups in total. The first kappa shape index (κ1) is 12.1. The molecule has 0 aliphatic rings. The van der Waals surface area contributed by atoms with Gasteiger partial charge in [-0.15, -0.1) is 0 Å². The molecule has 0 aliphatic heterocycles. The van der Waals surface area contributed by atoms with E-state index in [9.17, 15) is 18.0 Å². The van der Waals surface area contributed by atoms with E-state index in [-0.39, 0.29) is 11.3 Å². The number of nitrogens with zero attached hydrogens (tertiary/aromatic N) is 3. The van der Waals surface area contributed by atoms with Gasteiger partial charge >= 0.3 is 12.1 Å². The van der Waals surface area contributed by atoms with Crippen molar-refractivity contribution in [2.24, 2.45) is 0 Å². The van der Waals surface area contributed by atoms with E-state index in [0.29, 0.717) is 6.07 Å². The van der Waals surface area contributed by atoms with Crippen molar-refractivity contribution in [1.82, 2.24) is 14.8 Å². The summed E-state index contributed by atoms with van der Waals surface area (Å²) in [5, 5.41) is 12.5. The van der Waals surface area contributed by atoms with Gasteiger partial charge in [-0.1, -0.05) is 0 Å². The molecule has 2 rings (SSSR count). The predicted octanol–water partition coefficient (Wildman–Crippen LogP) is 1.98. The molecule has 0 saturated carbocycles. The second-order valence-corrected chi connectivity index (χ2v) is 3.37. The van der Waals surface area contributed by atoms with Crippen LogP contribution >= 0.6 is 0 Å². The summed E-state index contributed by atoms with van der Waals surface area (Å²) in [4.78, 5) is 14.5. The number of benzene rings is 1. The number of rotatable bonds is 2. The third kappa shape index (κ3) is 2.17. The molecule has 0 aliphatic carbocycles. The fraction of sp³-hybridized carbons (Fsp3) is 0.100. The maximum absolute atomic E-state index is 12.5. The van der Waals surface area contributed by atoms with Gasteiger partial charge < -0.3 is 5.11 Å². The van der Waals surface area contributed by atoms with Crippen LogP contribution in [0.4, 0.5) is 13.2 Å². The molecule has 0 amide bonds. The molecule has 0 fully saturated rings. The topological polar surface area (TPSA) is 68.0 Å². The van der Waals surface area contributed by atoms with Crippen LogP contribution in [0.15, 0.2) is 30.9 Å². The van der Waals surface area contributed by atoms with Crippen molar-refractivity contribution in [2.75, 3.05) is 0 Å². The molecular weight excluding hydrogens is 251 g/mol. The molecule has 8 heteroatoms. The number of alkyl halides is 3. The zero-order chi connectivity index (χ0) is 13.3. The second kappa shape index (κ2) is 4.13. The van der Waals surface area contributed by atoms with Gasteiger partial charge in [-0.25, -0.2) is 14.5 Å². The minimum Gasteiger partial charge on any atom is -0.478 e. The number of aromatic carboxylic acids is 1. The zero-order valence-corrected chi connectivity index (χ0v) is 8.72. The van der Waals surface area contributed by atoms with E-state index < -0.39 is 17.7 Å². The van der Waals surface area contributed by atoms with Crippen molar-refractivity contribution in [3.8, 4) is 5.69 Å². The Hall–Kier alpha value is -2.38. The highest BCUT2D eigenvalue weighted by molar-refractivity contribution is 5.92. The van der Waals surface area contributed by atoms with E-state index >= 15 is 0 Å². The van der Waals surface area contributed by atoms with Crippen molar-refractivity contribution >= 4 is 5.97 Å². The SMILES string of the molecule is O=C(O)c1ccc(C(F)(F)F)cc1-n1cncn1. The van der Waals surface area contributed by atoms with E-state index in [4.69, 9.17) is 5.11 Å². The molecule has 94 valence electrons. The molecule has 18 heavy (non-hydrogen) atoms. The number of carboxylic acids is 1. The number of halogens is 3. The summed E-state index contributed by atoms with van der Waals surface area (Å²) in [6, 6.07) is 2.32. The van der Waals surface area contributed by atoms with Crippen molar-refractivity contribution in [1.29, 1.82) is 0 Å². The van der Waals surface area contributed by atoms with Gasteiger partial charge in [0.15, 0.2) is 0 Å². The summed E-state index contributed by atoms with van der Waals surface area (Å²) >= 11 is 0. The Labute approximate surface area is 98.5 Å². The normalized spacial score (nSPS) is 11.5. The molecule has 0 atom stereocenters. The number of hydrogen-bond donors (Lipinski definition) is 1. The fourth-order valence-corrected chi connectivity index (χ4v) is 1.41. The first-order valence-electron chi connectivity index (χ1n) is 4.69. The van der Waals surface area contributed by atoms with Gasteiger partial charge in [-0.2, -0.15) is 18.3 Å². The van der Waals surface area contributed by atoms with Crippen molar-refractivity contribution in [2.45, 2.75) is 6.18 Å². The van der Waals surface area contributed by atoms with Gasteiger partial charge in [0.2, 0.25) is 0 Å². The first-order valence-corrected chi connectivity index (χ1v) is 4.69. The summed E-state index contributed by atoms with van der Waals surface area (Å²) in [5.41, 5.74) is -1.42. The van der Waals surface area contributed by atoms with Crippen molar-refractivity contribution < 1.29 is 23.1 Å². The molecule has 0 radical (unpaired) electrons. The van der Waals surface area contributed by atoms with E-state index in [1.54, 1.807) is 0 Å². The van der Waals surface area contributed by atoms with E-state index in [1.165, 1.54) is 0 Å². The van der Waals surface area contributed by atoms with Crippen molar-refractivity contribution in [3.05, 3.63) is 42.0 Å². The molecule has 0 spiro atoms. The summed E-state index contributed by atoms with van der Waals surface area (Å²) in [5.74, 6) is -1.34. The van der Waals surface area contributed by atoms with Gasteiger partial charge in [-0.05, 0) is 18.2 Å². The third-order valence-corrected chi connectivity index (χ3v) is 2.22. The number of aromatic nitrogens is 3. The predicted molar refractivity (Wildman–Crippen MR) is 53.3 cm³/mol. The Morgan fingerprint density at radius 3 is 2.56 bits per heavy atom. The van der Waals surface area contributed by atoms with Crippen LogP contribution in [0.3, 0.4) is 0 Å². The highest BCUT2D eigenvalue weighted by atomic mass is 19.4. The van der Waals surface area contributed by atoms with Crippen molar-refractivity contribution in [3.63, 3.8) is 0 Å². The monoisotopic (exact) mass is 257 g/mol. The first-order chi connectivity index (χ1) is 8.39. The Morgan fingerprint density at radius 1 is 1.33 bits per heavy atom. The lowest BCUT2D eigenvalue weighted by Gasteiger charge is -2.10. The Bertz CT molecular complexity index is 579. The standard InChI is InChI=1S/C10H6F3N3O2/c11-10(12,13)6-1-2-7(9(17)18)8(3-6)16-5-14-4-15-16/h1-5H,(H,17,18). The van der Waals surface area contributed by atoms with E-state index in [0.717, 1.165) is 29.5 Å². The average Bonchev–Trinajstić information content (AvgIpc) is 2.80. The molecule has 0 saturated heterocycles. The Balaban J connectivity index is 2.63. The molecule has 1 heterocycles. The van der Waals surface area contributed by atoms with Gasteiger partial charge in [0.25, 0.3) is 0 Å². The lowest BCUT2D eigenvalue weighted by molar-refractivity contribution is -0.137. The third-order valence-electron chi connectivity index (χ3n) is 2.22. The Kier molecular flexibility index (Phi) is 2.77. The van der Waals surface area contributed by atoms with E-state index in [2.05, 4.69) is 10.1 Å². The minimum atomic E-state index is -4.55. The van der Waals surface area contributed by atoms with Gasteiger partial charge in [-0.3, -0.25) is 0 Å². The maximum atomic E-state index is 12.5. The molecule has 5 nitrogen and oxygen atoms in total. The van der Waals surface area contributed by atoms with Crippen LogP contribution in [0, 0.1) is 0 Å². The summed E-state index contributed by atoms with van der Waals surface area (Å²) < 4.78 is 38.6. The van der Waals surface area contributed by atoms with Crippen LogP contribution in [0.5, 0.6) is 0 Å². The van der Waals surface area contributed by atoms with Crippen LogP contribution in [-0.4, -0.2) is 25.8 Å². The number of carboxylic acid groups (broad SMARTS) is 1. The van der Waals surface area contributed by atoms with Gasteiger partial charge in [0.1, 0.15) is 12.7 Å². The maximum Gasteiger partial charge on any atom is 0.416 e. The largest absolute Gasteiger partial charge is 0.478 e. The summed E-state index contributed by atoms with van der Waals surface area (Å²) in [7, 11) is 0. The summed E-state index contributed by atoms with van der Waals surface area (Å²) in [6.07, 6.45) is -2.32. The van der Waals surface area contributed by atoms with E-state index in [1.807, 2.05) is 0 Å². The second-order valence-electron chi connectivity index (χ2n) is 3.37. The smallest absolute Gasteiger partial charge is 0.416 e. The number of carbonyl (C=O) groups is 1. The molecule has 0 bridgehead atoms. The Morgan fingerprint density at radius 2 is 2.06 bits per heavy atom. The summed E-state index contributed by atoms with van der Waals surface area (Å²) in [6.45, 7) is 0. The van der Waals surface area contributed by atoms with Gasteiger partial charge in [0.05, 0.1) is 16.8 Å². The quantitative estimate of drug-likeness (QED) is 0.893. The molecule has 0 unspecified atom stereocenters. The average molecular weight is 257 g/mol. The van der Waals surface area contributed by atoms with Crippen LogP contribution in [0.2, 0.25) is 0 Å². The van der Waals surface area contributed by atoms with Crippen LogP contribution in [0.1, 0.15) is 15.9 Å². The lowest BCUT2D eigenvalue weighted by Crippen LogP contribution is -2.11.